The second-order valence-electron chi connectivity index (χ2n) is 5.42. The SMILES string of the molecule is NC(CS(=O)(=O)c1ccc(F)c(F)c1)C1CCCCC1. The maximum atomic E-state index is 13.1. The first-order chi connectivity index (χ1) is 9.40. The summed E-state index contributed by atoms with van der Waals surface area (Å²) in [6.07, 6.45) is 5.19. The molecule has 1 fully saturated rings. The molecule has 0 radical (unpaired) electrons. The molecule has 1 aliphatic carbocycles. The molecule has 20 heavy (non-hydrogen) atoms. The van der Waals surface area contributed by atoms with E-state index in [1.165, 1.54) is 6.42 Å². The lowest BCUT2D eigenvalue weighted by Gasteiger charge is -2.27. The van der Waals surface area contributed by atoms with E-state index < -0.39 is 27.5 Å². The van der Waals surface area contributed by atoms with Crippen LogP contribution in [-0.2, 0) is 9.84 Å². The summed E-state index contributed by atoms with van der Waals surface area (Å²) in [4.78, 5) is -0.206. The van der Waals surface area contributed by atoms with Crippen molar-refractivity contribution in [1.29, 1.82) is 0 Å². The number of rotatable bonds is 4. The van der Waals surface area contributed by atoms with Crippen molar-refractivity contribution in [3.63, 3.8) is 0 Å². The van der Waals surface area contributed by atoms with Crippen LogP contribution in [0.1, 0.15) is 32.1 Å². The quantitative estimate of drug-likeness (QED) is 0.870. The number of nitrogens with two attached hydrogens (primary N) is 1. The van der Waals surface area contributed by atoms with Crippen molar-refractivity contribution in [2.75, 3.05) is 5.75 Å². The molecular weight excluding hydrogens is 284 g/mol. The summed E-state index contributed by atoms with van der Waals surface area (Å²) < 4.78 is 50.3. The first-order valence-electron chi connectivity index (χ1n) is 6.83. The molecule has 1 aromatic carbocycles. The molecule has 1 aliphatic rings. The summed E-state index contributed by atoms with van der Waals surface area (Å²) in [5.74, 6) is -2.23. The summed E-state index contributed by atoms with van der Waals surface area (Å²) in [5, 5.41) is 0. The monoisotopic (exact) mass is 303 g/mol. The normalized spacial score (nSPS) is 18.9. The number of halogens is 2. The van der Waals surface area contributed by atoms with Gasteiger partial charge in [-0.15, -0.1) is 0 Å². The summed E-state index contributed by atoms with van der Waals surface area (Å²) >= 11 is 0. The third-order valence-electron chi connectivity index (χ3n) is 3.92. The van der Waals surface area contributed by atoms with Gasteiger partial charge in [0.25, 0.3) is 0 Å². The molecule has 2 rings (SSSR count). The molecule has 0 aliphatic heterocycles. The molecule has 2 N–H and O–H groups in total. The van der Waals surface area contributed by atoms with Gasteiger partial charge in [-0.3, -0.25) is 0 Å². The highest BCUT2D eigenvalue weighted by Gasteiger charge is 2.27. The van der Waals surface area contributed by atoms with E-state index in [-0.39, 0.29) is 16.6 Å². The molecule has 0 saturated heterocycles. The van der Waals surface area contributed by atoms with Gasteiger partial charge < -0.3 is 5.73 Å². The average Bonchev–Trinajstić information content (AvgIpc) is 2.42. The van der Waals surface area contributed by atoms with Crippen LogP contribution in [0.5, 0.6) is 0 Å². The topological polar surface area (TPSA) is 60.2 Å². The Balaban J connectivity index is 2.11. The Bertz CT molecular complexity index is 569. The maximum Gasteiger partial charge on any atom is 0.180 e. The van der Waals surface area contributed by atoms with Gasteiger partial charge in [-0.1, -0.05) is 19.3 Å². The third kappa shape index (κ3) is 3.55. The van der Waals surface area contributed by atoms with E-state index in [2.05, 4.69) is 0 Å². The van der Waals surface area contributed by atoms with Crippen LogP contribution in [0.4, 0.5) is 8.78 Å². The van der Waals surface area contributed by atoms with Gasteiger partial charge in [0.05, 0.1) is 10.6 Å². The Morgan fingerprint density at radius 1 is 1.15 bits per heavy atom. The average molecular weight is 303 g/mol. The minimum atomic E-state index is -3.68. The Kier molecular flexibility index (Phi) is 4.75. The van der Waals surface area contributed by atoms with Crippen molar-refractivity contribution in [1.82, 2.24) is 0 Å². The number of sulfone groups is 1. The first kappa shape index (κ1) is 15.4. The van der Waals surface area contributed by atoms with Gasteiger partial charge in [0, 0.05) is 6.04 Å². The van der Waals surface area contributed by atoms with Crippen LogP contribution in [0.2, 0.25) is 0 Å². The fraction of sp³-hybridized carbons (Fsp3) is 0.571. The molecule has 3 nitrogen and oxygen atoms in total. The van der Waals surface area contributed by atoms with Crippen LogP contribution in [0.3, 0.4) is 0 Å². The summed E-state index contributed by atoms with van der Waals surface area (Å²) in [6, 6.07) is 2.18. The van der Waals surface area contributed by atoms with Crippen LogP contribution < -0.4 is 5.73 Å². The predicted octanol–water partition coefficient (Wildman–Crippen LogP) is 2.65. The van der Waals surface area contributed by atoms with Crippen molar-refractivity contribution >= 4 is 9.84 Å². The summed E-state index contributed by atoms with van der Waals surface area (Å²) in [6.45, 7) is 0. The van der Waals surface area contributed by atoms with Gasteiger partial charge in [-0.2, -0.15) is 0 Å². The van der Waals surface area contributed by atoms with Gasteiger partial charge in [-0.25, -0.2) is 17.2 Å². The summed E-state index contributed by atoms with van der Waals surface area (Å²) in [7, 11) is -3.68. The molecule has 0 aromatic heterocycles. The Morgan fingerprint density at radius 2 is 1.80 bits per heavy atom. The first-order valence-corrected chi connectivity index (χ1v) is 8.49. The Labute approximate surface area is 118 Å². The second kappa shape index (κ2) is 6.18. The fourth-order valence-corrected chi connectivity index (χ4v) is 4.25. The molecule has 112 valence electrons. The van der Waals surface area contributed by atoms with Crippen molar-refractivity contribution in [2.45, 2.75) is 43.0 Å². The van der Waals surface area contributed by atoms with Gasteiger partial charge in [0.1, 0.15) is 0 Å². The van der Waals surface area contributed by atoms with E-state index in [4.69, 9.17) is 5.73 Å². The predicted molar refractivity (Wildman–Crippen MR) is 73.0 cm³/mol. The second-order valence-corrected chi connectivity index (χ2v) is 7.45. The number of hydrogen-bond acceptors (Lipinski definition) is 3. The van der Waals surface area contributed by atoms with E-state index >= 15 is 0 Å². The minimum Gasteiger partial charge on any atom is -0.327 e. The molecular formula is C14H19F2NO2S. The number of hydrogen-bond donors (Lipinski definition) is 1. The van der Waals surface area contributed by atoms with Crippen LogP contribution in [0, 0.1) is 17.6 Å². The molecule has 0 heterocycles. The largest absolute Gasteiger partial charge is 0.327 e. The van der Waals surface area contributed by atoms with E-state index in [0.29, 0.717) is 0 Å². The lowest BCUT2D eigenvalue weighted by atomic mass is 9.85. The zero-order chi connectivity index (χ0) is 14.8. The minimum absolute atomic E-state index is 0.198. The summed E-state index contributed by atoms with van der Waals surface area (Å²) in [5.41, 5.74) is 5.99. The molecule has 1 aromatic rings. The zero-order valence-electron chi connectivity index (χ0n) is 11.2. The van der Waals surface area contributed by atoms with Gasteiger partial charge in [0.2, 0.25) is 0 Å². The smallest absolute Gasteiger partial charge is 0.180 e. The lowest BCUT2D eigenvalue weighted by Crippen LogP contribution is -2.38. The Hall–Kier alpha value is -1.01. The maximum absolute atomic E-state index is 13.1. The van der Waals surface area contributed by atoms with Crippen LogP contribution >= 0.6 is 0 Å². The molecule has 0 spiro atoms. The fourth-order valence-electron chi connectivity index (χ4n) is 2.72. The third-order valence-corrected chi connectivity index (χ3v) is 5.71. The van der Waals surface area contributed by atoms with Crippen molar-refractivity contribution in [2.24, 2.45) is 11.7 Å². The van der Waals surface area contributed by atoms with Gasteiger partial charge >= 0.3 is 0 Å². The van der Waals surface area contributed by atoms with E-state index in [0.717, 1.165) is 43.9 Å². The van der Waals surface area contributed by atoms with Crippen molar-refractivity contribution < 1.29 is 17.2 Å². The van der Waals surface area contributed by atoms with Crippen LogP contribution in [0.25, 0.3) is 0 Å². The van der Waals surface area contributed by atoms with Crippen LogP contribution in [0.15, 0.2) is 23.1 Å². The van der Waals surface area contributed by atoms with Gasteiger partial charge in [0.15, 0.2) is 21.5 Å². The standard InChI is InChI=1S/C14H19F2NO2S/c15-12-7-6-11(8-13(12)16)20(18,19)9-14(17)10-4-2-1-3-5-10/h6-8,10,14H,1-5,9,17H2. The van der Waals surface area contributed by atoms with Crippen LogP contribution in [-0.4, -0.2) is 20.2 Å². The molecule has 1 unspecified atom stereocenters. The van der Waals surface area contributed by atoms with Crippen molar-refractivity contribution in [3.8, 4) is 0 Å². The molecule has 1 atom stereocenters. The molecule has 6 heteroatoms. The van der Waals surface area contributed by atoms with E-state index in [9.17, 15) is 17.2 Å². The molecule has 0 bridgehead atoms. The molecule has 0 amide bonds. The highest BCUT2D eigenvalue weighted by molar-refractivity contribution is 7.91. The zero-order valence-corrected chi connectivity index (χ0v) is 12.0. The van der Waals surface area contributed by atoms with E-state index in [1.807, 2.05) is 0 Å². The number of benzene rings is 1. The molecule has 1 saturated carbocycles. The Morgan fingerprint density at radius 3 is 2.40 bits per heavy atom. The van der Waals surface area contributed by atoms with E-state index in [1.54, 1.807) is 0 Å². The van der Waals surface area contributed by atoms with Crippen molar-refractivity contribution in [3.05, 3.63) is 29.8 Å². The lowest BCUT2D eigenvalue weighted by molar-refractivity contribution is 0.317. The van der Waals surface area contributed by atoms with Gasteiger partial charge in [-0.05, 0) is 37.0 Å². The highest BCUT2D eigenvalue weighted by atomic mass is 32.2. The highest BCUT2D eigenvalue weighted by Crippen LogP contribution is 2.27.